The predicted octanol–water partition coefficient (Wildman–Crippen LogP) is 1.88. The van der Waals surface area contributed by atoms with Crippen molar-refractivity contribution in [3.05, 3.63) is 22.8 Å². The number of halogens is 1. The molecule has 0 saturated carbocycles. The number of aromatic hydroxyl groups is 2. The highest BCUT2D eigenvalue weighted by Gasteiger charge is 2.31. The number of esters is 1. The molecule has 0 fully saturated rings. The lowest BCUT2D eigenvalue weighted by Crippen LogP contribution is -2.14. The zero-order chi connectivity index (χ0) is 11.2. The lowest BCUT2D eigenvalue weighted by atomic mass is 9.88. The van der Waals surface area contributed by atoms with Crippen molar-refractivity contribution in [1.29, 1.82) is 0 Å². The number of phenols is 2. The molecule has 3 rings (SSSR count). The first kappa shape index (κ1) is 10.3. The van der Waals surface area contributed by atoms with E-state index in [9.17, 15) is 15.0 Å². The van der Waals surface area contributed by atoms with Gasteiger partial charge in [-0.1, -0.05) is 15.9 Å². The van der Waals surface area contributed by atoms with Crippen molar-refractivity contribution >= 4 is 21.9 Å². The zero-order valence-corrected chi connectivity index (χ0v) is 9.54. The second-order valence-electron chi connectivity index (χ2n) is 3.35. The van der Waals surface area contributed by atoms with Gasteiger partial charge < -0.3 is 14.9 Å². The minimum Gasteiger partial charge on any atom is -0.504 e. The van der Waals surface area contributed by atoms with Gasteiger partial charge >= 0.3 is 5.97 Å². The highest BCUT2D eigenvalue weighted by atomic mass is 79.9. The second-order valence-corrected chi connectivity index (χ2v) is 4.46. The van der Waals surface area contributed by atoms with Gasteiger partial charge in [0.05, 0.1) is 12.7 Å². The Hall–Kier alpha value is -1.23. The number of carbonyl (C=O) groups is 1. The average molecular weight is 273 g/mol. The molecule has 2 N–H and O–H groups in total. The molecule has 80 valence electrons. The van der Waals surface area contributed by atoms with Crippen LogP contribution in [0.2, 0.25) is 0 Å². The average Bonchev–Trinajstić information content (AvgIpc) is 2.23. The maximum absolute atomic E-state index is 11.4. The fourth-order valence-electron chi connectivity index (χ4n) is 1.74. The number of phenolic OH excluding ortho intramolecular Hbond substituents is 2. The summed E-state index contributed by atoms with van der Waals surface area (Å²) in [5.74, 6) is -0.879. The Kier molecular flexibility index (Phi) is 2.34. The number of hydrogen-bond donors (Lipinski definition) is 2. The first-order valence-corrected chi connectivity index (χ1v) is 5.28. The van der Waals surface area contributed by atoms with Crippen LogP contribution in [0, 0.1) is 0 Å². The number of methoxy groups -OCH3 is 1. The Balaban J connectivity index is 2.65. The molecule has 0 aliphatic heterocycles. The lowest BCUT2D eigenvalue weighted by Gasteiger charge is -2.24. The first-order valence-electron chi connectivity index (χ1n) is 4.36. The zero-order valence-electron chi connectivity index (χ0n) is 7.95. The fraction of sp³-hybridized carbons (Fsp3) is 0.300. The molecule has 1 aromatic carbocycles. The molecule has 0 aromatic heterocycles. The number of fused-ring (bicyclic) bond motifs is 3. The van der Waals surface area contributed by atoms with E-state index < -0.39 is 5.97 Å². The normalized spacial score (nSPS) is 17.9. The topological polar surface area (TPSA) is 66.8 Å². The standard InChI is InChI=1S/C10H9BrO4/c1-15-10(14)5-2-6-7(11)3-4(5)8(12)9(6)13/h2,7,12-13H,3H2,1H3. The summed E-state index contributed by atoms with van der Waals surface area (Å²) in [6.45, 7) is 0. The molecular formula is C10H9BrO4. The van der Waals surface area contributed by atoms with Crippen molar-refractivity contribution in [2.45, 2.75) is 11.2 Å². The summed E-state index contributed by atoms with van der Waals surface area (Å²) in [6.07, 6.45) is 0.478. The Bertz CT molecular complexity index is 442. The van der Waals surface area contributed by atoms with Crippen LogP contribution in [0.3, 0.4) is 0 Å². The van der Waals surface area contributed by atoms with E-state index in [-0.39, 0.29) is 16.3 Å². The highest BCUT2D eigenvalue weighted by molar-refractivity contribution is 9.09. The monoisotopic (exact) mass is 272 g/mol. The molecular weight excluding hydrogens is 264 g/mol. The summed E-state index contributed by atoms with van der Waals surface area (Å²) < 4.78 is 4.59. The van der Waals surface area contributed by atoms with Crippen LogP contribution in [-0.4, -0.2) is 23.3 Å². The number of rotatable bonds is 1. The van der Waals surface area contributed by atoms with Crippen molar-refractivity contribution in [3.8, 4) is 11.5 Å². The van der Waals surface area contributed by atoms with Gasteiger partial charge in [-0.05, 0) is 12.5 Å². The van der Waals surface area contributed by atoms with Crippen LogP contribution >= 0.6 is 15.9 Å². The molecule has 1 atom stereocenters. The van der Waals surface area contributed by atoms with Crippen molar-refractivity contribution in [3.63, 3.8) is 0 Å². The third-order valence-electron chi connectivity index (χ3n) is 2.53. The van der Waals surface area contributed by atoms with Gasteiger partial charge in [0, 0.05) is 16.0 Å². The molecule has 2 aliphatic rings. The Labute approximate surface area is 94.6 Å². The first-order chi connectivity index (χ1) is 7.06. The Morgan fingerprint density at radius 3 is 2.80 bits per heavy atom. The summed E-state index contributed by atoms with van der Waals surface area (Å²) >= 11 is 3.35. The van der Waals surface area contributed by atoms with Gasteiger partial charge in [-0.15, -0.1) is 0 Å². The van der Waals surface area contributed by atoms with Crippen LogP contribution in [0.5, 0.6) is 11.5 Å². The number of benzene rings is 1. The summed E-state index contributed by atoms with van der Waals surface area (Å²) in [5.41, 5.74) is 1.26. The van der Waals surface area contributed by atoms with Crippen molar-refractivity contribution in [2.75, 3.05) is 7.11 Å². The maximum Gasteiger partial charge on any atom is 0.338 e. The van der Waals surface area contributed by atoms with Crippen molar-refractivity contribution < 1.29 is 19.7 Å². The van der Waals surface area contributed by atoms with E-state index in [2.05, 4.69) is 20.7 Å². The smallest absolute Gasteiger partial charge is 0.338 e. The predicted molar refractivity (Wildman–Crippen MR) is 56.5 cm³/mol. The summed E-state index contributed by atoms with van der Waals surface area (Å²) in [4.78, 5) is 11.3. The van der Waals surface area contributed by atoms with Gasteiger partial charge in [0.15, 0.2) is 11.5 Å². The maximum atomic E-state index is 11.4. The highest BCUT2D eigenvalue weighted by Crippen LogP contribution is 2.48. The van der Waals surface area contributed by atoms with Crippen molar-refractivity contribution in [1.82, 2.24) is 0 Å². The van der Waals surface area contributed by atoms with E-state index in [0.29, 0.717) is 23.1 Å². The van der Waals surface area contributed by atoms with Gasteiger partial charge in [0.1, 0.15) is 0 Å². The molecule has 0 spiro atoms. The number of alkyl halides is 1. The number of hydrogen-bond acceptors (Lipinski definition) is 4. The molecule has 4 nitrogen and oxygen atoms in total. The molecule has 5 heteroatoms. The van der Waals surface area contributed by atoms with Gasteiger partial charge in [-0.3, -0.25) is 0 Å². The summed E-state index contributed by atoms with van der Waals surface area (Å²) in [5, 5.41) is 19.2. The van der Waals surface area contributed by atoms with Gasteiger partial charge in [-0.25, -0.2) is 4.79 Å². The minimum atomic E-state index is -0.499. The van der Waals surface area contributed by atoms with Crippen LogP contribution in [0.1, 0.15) is 26.3 Å². The van der Waals surface area contributed by atoms with Crippen molar-refractivity contribution in [2.24, 2.45) is 0 Å². The molecule has 2 aliphatic carbocycles. The van der Waals surface area contributed by atoms with Crippen LogP contribution in [0.4, 0.5) is 0 Å². The van der Waals surface area contributed by atoms with E-state index in [1.54, 1.807) is 6.07 Å². The van der Waals surface area contributed by atoms with E-state index in [1.165, 1.54) is 7.11 Å². The van der Waals surface area contributed by atoms with E-state index >= 15 is 0 Å². The quantitative estimate of drug-likeness (QED) is 0.465. The third-order valence-corrected chi connectivity index (χ3v) is 3.35. The SMILES string of the molecule is COC(=O)c1cc2c(O)c(O)c1CC2Br. The Morgan fingerprint density at radius 1 is 1.53 bits per heavy atom. The van der Waals surface area contributed by atoms with Gasteiger partial charge in [-0.2, -0.15) is 0 Å². The molecule has 0 heterocycles. The number of ether oxygens (including phenoxy) is 1. The minimum absolute atomic E-state index is 0.0585. The summed E-state index contributed by atoms with van der Waals surface area (Å²) in [6, 6.07) is 1.54. The molecule has 2 bridgehead atoms. The fourth-order valence-corrected chi connectivity index (χ4v) is 2.42. The van der Waals surface area contributed by atoms with E-state index in [0.717, 1.165) is 0 Å². The van der Waals surface area contributed by atoms with Crippen LogP contribution in [0.15, 0.2) is 6.07 Å². The van der Waals surface area contributed by atoms with E-state index in [4.69, 9.17) is 0 Å². The third kappa shape index (κ3) is 1.38. The Morgan fingerprint density at radius 2 is 2.20 bits per heavy atom. The van der Waals surface area contributed by atoms with Gasteiger partial charge in [0.25, 0.3) is 0 Å². The summed E-state index contributed by atoms with van der Waals surface area (Å²) in [7, 11) is 1.28. The van der Waals surface area contributed by atoms with E-state index in [1.807, 2.05) is 0 Å². The lowest BCUT2D eigenvalue weighted by molar-refractivity contribution is 0.0598. The van der Waals surface area contributed by atoms with Crippen LogP contribution in [-0.2, 0) is 11.2 Å². The van der Waals surface area contributed by atoms with Crippen LogP contribution < -0.4 is 0 Å². The van der Waals surface area contributed by atoms with Gasteiger partial charge in [0.2, 0.25) is 0 Å². The number of carbonyl (C=O) groups excluding carboxylic acids is 1. The molecule has 0 amide bonds. The molecule has 15 heavy (non-hydrogen) atoms. The molecule has 0 saturated heterocycles. The molecule has 1 aromatic rings. The second kappa shape index (κ2) is 3.41. The van der Waals surface area contributed by atoms with Crippen LogP contribution in [0.25, 0.3) is 0 Å². The molecule has 1 unspecified atom stereocenters. The largest absolute Gasteiger partial charge is 0.504 e. The molecule has 0 radical (unpaired) electrons.